The number of nitriles is 1. The summed E-state index contributed by atoms with van der Waals surface area (Å²) in [7, 11) is 0. The SMILES string of the molecule is CCCCCCCOOc1ccc(C(=C(C#N)c2ccc(OCCCC)cc2)c2ccc(OC(=O)CCCCCCC)cc2)cc1. The molecular weight excluding hydrogens is 574 g/mol. The molecule has 0 unspecified atom stereocenters. The summed E-state index contributed by atoms with van der Waals surface area (Å²) in [6, 6.07) is 25.0. The summed E-state index contributed by atoms with van der Waals surface area (Å²) in [6.45, 7) is 7.71. The summed E-state index contributed by atoms with van der Waals surface area (Å²) in [5.41, 5.74) is 3.75. The number of rotatable bonds is 22. The third-order valence-corrected chi connectivity index (χ3v) is 7.76. The van der Waals surface area contributed by atoms with Gasteiger partial charge < -0.3 is 14.4 Å². The smallest absolute Gasteiger partial charge is 0.311 e. The van der Waals surface area contributed by atoms with Crippen molar-refractivity contribution in [2.45, 2.75) is 104 Å². The lowest BCUT2D eigenvalue weighted by Gasteiger charge is -2.14. The van der Waals surface area contributed by atoms with Gasteiger partial charge in [0.1, 0.15) is 17.6 Å². The van der Waals surface area contributed by atoms with Gasteiger partial charge in [-0.1, -0.05) is 103 Å². The number of unbranched alkanes of at least 4 members (excludes halogenated alkanes) is 9. The Morgan fingerprint density at radius 2 is 1.11 bits per heavy atom. The molecule has 6 heteroatoms. The van der Waals surface area contributed by atoms with Gasteiger partial charge in [0.05, 0.1) is 18.8 Å². The fraction of sp³-hybridized carbons (Fsp3) is 0.450. The Bertz CT molecular complexity index is 1350. The average molecular weight is 626 g/mol. The molecule has 0 aliphatic carbocycles. The second kappa shape index (κ2) is 21.6. The van der Waals surface area contributed by atoms with E-state index in [0.29, 0.717) is 36.7 Å². The zero-order valence-electron chi connectivity index (χ0n) is 28.0. The van der Waals surface area contributed by atoms with Crippen LogP contribution in [0.1, 0.15) is 121 Å². The molecule has 3 rings (SSSR count). The van der Waals surface area contributed by atoms with E-state index in [1.807, 2.05) is 60.7 Å². The molecule has 0 aliphatic rings. The van der Waals surface area contributed by atoms with Crippen LogP contribution >= 0.6 is 0 Å². The molecule has 0 aliphatic heterocycles. The Hall–Kier alpha value is -4.08. The van der Waals surface area contributed by atoms with Crippen molar-refractivity contribution in [2.24, 2.45) is 0 Å². The van der Waals surface area contributed by atoms with Crippen molar-refractivity contribution < 1.29 is 24.0 Å². The molecule has 46 heavy (non-hydrogen) atoms. The number of allylic oxidation sites excluding steroid dienone is 1. The van der Waals surface area contributed by atoms with E-state index in [-0.39, 0.29) is 5.97 Å². The van der Waals surface area contributed by atoms with E-state index in [9.17, 15) is 10.1 Å². The highest BCUT2D eigenvalue weighted by molar-refractivity contribution is 6.03. The highest BCUT2D eigenvalue weighted by Gasteiger charge is 2.16. The first kappa shape index (κ1) is 36.4. The minimum absolute atomic E-state index is 0.224. The van der Waals surface area contributed by atoms with Crippen molar-refractivity contribution >= 4 is 17.1 Å². The predicted octanol–water partition coefficient (Wildman–Crippen LogP) is 10.9. The molecule has 246 valence electrons. The summed E-state index contributed by atoms with van der Waals surface area (Å²) in [6.07, 6.45) is 13.6. The zero-order valence-corrected chi connectivity index (χ0v) is 28.0. The standard InChI is InChI=1S/C40H51NO5/c1-4-7-10-12-14-16-39(42)45-36-25-19-33(20-26-36)40(38(31-41)32-17-23-35(24-18-32)43-29-9-6-3)34-21-27-37(28-22-34)46-44-30-15-13-11-8-5-2/h17-28H,4-16,29-30H2,1-3H3. The van der Waals surface area contributed by atoms with Crippen molar-refractivity contribution in [3.8, 4) is 23.3 Å². The number of carbonyl (C=O) groups is 1. The molecule has 3 aromatic rings. The number of hydrogen-bond acceptors (Lipinski definition) is 6. The predicted molar refractivity (Wildman–Crippen MR) is 186 cm³/mol. The monoisotopic (exact) mass is 625 g/mol. The third-order valence-electron chi connectivity index (χ3n) is 7.76. The van der Waals surface area contributed by atoms with Gasteiger partial charge in [-0.3, -0.25) is 4.79 Å². The van der Waals surface area contributed by atoms with Crippen LogP contribution in [-0.2, 0) is 9.68 Å². The van der Waals surface area contributed by atoms with E-state index < -0.39 is 0 Å². The van der Waals surface area contributed by atoms with Crippen LogP contribution in [0.4, 0.5) is 0 Å². The van der Waals surface area contributed by atoms with Gasteiger partial charge >= 0.3 is 5.97 Å². The summed E-state index contributed by atoms with van der Waals surface area (Å²) < 4.78 is 11.5. The number of ether oxygens (including phenoxy) is 2. The van der Waals surface area contributed by atoms with E-state index in [4.69, 9.17) is 19.2 Å². The first-order valence-electron chi connectivity index (χ1n) is 17.2. The van der Waals surface area contributed by atoms with E-state index in [1.54, 1.807) is 12.1 Å². The maximum Gasteiger partial charge on any atom is 0.311 e. The summed E-state index contributed by atoms with van der Waals surface area (Å²) >= 11 is 0. The fourth-order valence-electron chi connectivity index (χ4n) is 5.07. The molecule has 0 N–H and O–H groups in total. The Kier molecular flexibility index (Phi) is 17.1. The van der Waals surface area contributed by atoms with Crippen molar-refractivity contribution in [3.63, 3.8) is 0 Å². The maximum absolute atomic E-state index is 12.4. The number of benzene rings is 3. The van der Waals surface area contributed by atoms with Crippen LogP contribution in [-0.4, -0.2) is 19.2 Å². The lowest BCUT2D eigenvalue weighted by molar-refractivity contribution is -0.207. The number of carbonyl (C=O) groups excluding carboxylic acids is 1. The highest BCUT2D eigenvalue weighted by atomic mass is 17.2. The number of esters is 1. The molecule has 6 nitrogen and oxygen atoms in total. The molecular formula is C40H51NO5. The van der Waals surface area contributed by atoms with Gasteiger partial charge in [-0.05, 0) is 84.5 Å². The summed E-state index contributed by atoms with van der Waals surface area (Å²) in [4.78, 5) is 23.4. The lowest BCUT2D eigenvalue weighted by Crippen LogP contribution is -2.07. The molecule has 0 saturated carbocycles. The van der Waals surface area contributed by atoms with Crippen LogP contribution in [0.25, 0.3) is 11.1 Å². The van der Waals surface area contributed by atoms with Gasteiger partial charge in [0.2, 0.25) is 0 Å². The van der Waals surface area contributed by atoms with Gasteiger partial charge in [0.25, 0.3) is 0 Å². The van der Waals surface area contributed by atoms with Crippen LogP contribution < -0.4 is 14.4 Å². The molecule has 0 amide bonds. The molecule has 0 aromatic heterocycles. The lowest BCUT2D eigenvalue weighted by atomic mass is 9.90. The quantitative estimate of drug-likeness (QED) is 0.0210. The molecule has 0 fully saturated rings. The maximum atomic E-state index is 12.4. The average Bonchev–Trinajstić information content (AvgIpc) is 3.08. The molecule has 3 aromatic carbocycles. The Morgan fingerprint density at radius 3 is 1.70 bits per heavy atom. The van der Waals surface area contributed by atoms with E-state index in [0.717, 1.165) is 73.0 Å². The van der Waals surface area contributed by atoms with Gasteiger partial charge in [0.15, 0.2) is 5.75 Å². The fourth-order valence-corrected chi connectivity index (χ4v) is 5.07. The van der Waals surface area contributed by atoms with Crippen molar-refractivity contribution in [2.75, 3.05) is 13.2 Å². The first-order valence-corrected chi connectivity index (χ1v) is 17.2. The third kappa shape index (κ3) is 12.7. The zero-order chi connectivity index (χ0) is 32.8. The number of nitrogens with zero attached hydrogens (tertiary/aromatic N) is 1. The largest absolute Gasteiger partial charge is 0.494 e. The van der Waals surface area contributed by atoms with Crippen LogP contribution in [0.3, 0.4) is 0 Å². The molecule has 0 spiro atoms. The van der Waals surface area contributed by atoms with E-state index in [1.165, 1.54) is 32.1 Å². The van der Waals surface area contributed by atoms with Crippen molar-refractivity contribution in [3.05, 3.63) is 89.5 Å². The molecule has 0 heterocycles. The van der Waals surface area contributed by atoms with Crippen LogP contribution in [0.2, 0.25) is 0 Å². The number of hydrogen-bond donors (Lipinski definition) is 0. The molecule has 0 bridgehead atoms. The molecule has 0 saturated heterocycles. The first-order chi connectivity index (χ1) is 22.6. The van der Waals surface area contributed by atoms with Crippen molar-refractivity contribution in [1.29, 1.82) is 5.26 Å². The van der Waals surface area contributed by atoms with Crippen LogP contribution in [0.15, 0.2) is 72.8 Å². The summed E-state index contributed by atoms with van der Waals surface area (Å²) in [5, 5.41) is 10.4. The van der Waals surface area contributed by atoms with E-state index in [2.05, 4.69) is 26.8 Å². The second-order valence-corrected chi connectivity index (χ2v) is 11.6. The van der Waals surface area contributed by atoms with E-state index >= 15 is 0 Å². The molecule has 0 atom stereocenters. The van der Waals surface area contributed by atoms with Gasteiger partial charge in [-0.2, -0.15) is 10.1 Å². The Balaban J connectivity index is 1.81. The van der Waals surface area contributed by atoms with Crippen molar-refractivity contribution in [1.82, 2.24) is 0 Å². The highest BCUT2D eigenvalue weighted by Crippen LogP contribution is 2.34. The summed E-state index contributed by atoms with van der Waals surface area (Å²) in [5.74, 6) is 1.64. The van der Waals surface area contributed by atoms with Gasteiger partial charge in [-0.15, -0.1) is 0 Å². The van der Waals surface area contributed by atoms with Gasteiger partial charge in [-0.25, -0.2) is 0 Å². The second-order valence-electron chi connectivity index (χ2n) is 11.6. The topological polar surface area (TPSA) is 77.8 Å². The van der Waals surface area contributed by atoms with Crippen LogP contribution in [0.5, 0.6) is 17.2 Å². The molecule has 0 radical (unpaired) electrons. The minimum atomic E-state index is -0.224. The van der Waals surface area contributed by atoms with Gasteiger partial charge in [0, 0.05) is 12.0 Å². The Morgan fingerprint density at radius 1 is 0.587 bits per heavy atom. The normalized spacial score (nSPS) is 11.4. The Labute approximate surface area is 276 Å². The minimum Gasteiger partial charge on any atom is -0.494 e. The van der Waals surface area contributed by atoms with Crippen LogP contribution in [0, 0.1) is 11.3 Å².